The number of amides is 1. The number of hydrogen-bond donors (Lipinski definition) is 1. The van der Waals surface area contributed by atoms with Crippen molar-refractivity contribution in [2.24, 2.45) is 11.8 Å². The van der Waals surface area contributed by atoms with Crippen molar-refractivity contribution in [2.75, 3.05) is 13.1 Å². The Morgan fingerprint density at radius 2 is 2.04 bits per heavy atom. The van der Waals surface area contributed by atoms with Crippen molar-refractivity contribution in [3.8, 4) is 0 Å². The molecule has 0 aliphatic carbocycles. The second-order valence-electron chi connectivity index (χ2n) is 6.86. The third kappa shape index (κ3) is 2.64. The second kappa shape index (κ2) is 5.89. The molecule has 0 unspecified atom stereocenters. The predicted octanol–water partition coefficient (Wildman–Crippen LogP) is 2.11. The van der Waals surface area contributed by atoms with E-state index in [1.807, 2.05) is 27.7 Å². The van der Waals surface area contributed by atoms with E-state index >= 15 is 0 Å². The first-order valence-corrected chi connectivity index (χ1v) is 8.16. The fraction of sp³-hybridized carbons (Fsp3) is 0.529. The molecule has 3 rings (SSSR count). The van der Waals surface area contributed by atoms with E-state index in [1.165, 1.54) is 0 Å². The van der Waals surface area contributed by atoms with Crippen molar-refractivity contribution in [2.45, 2.75) is 33.7 Å². The topological polar surface area (TPSA) is 88.3 Å². The highest BCUT2D eigenvalue weighted by Gasteiger charge is 2.37. The largest absolute Gasteiger partial charge is 0.481 e. The molecule has 0 saturated carbocycles. The van der Waals surface area contributed by atoms with Gasteiger partial charge in [0.05, 0.1) is 23.1 Å². The number of aryl methyl sites for hydroxylation is 1. The van der Waals surface area contributed by atoms with Crippen LogP contribution in [0.3, 0.4) is 0 Å². The molecule has 0 radical (unpaired) electrons. The van der Waals surface area contributed by atoms with E-state index < -0.39 is 11.9 Å². The fourth-order valence-corrected chi connectivity index (χ4v) is 3.32. The van der Waals surface area contributed by atoms with E-state index in [9.17, 15) is 14.7 Å². The van der Waals surface area contributed by atoms with Crippen molar-refractivity contribution in [1.82, 2.24) is 19.7 Å². The molecule has 0 bridgehead atoms. The summed E-state index contributed by atoms with van der Waals surface area (Å²) in [6.07, 6.45) is 1.67. The Morgan fingerprint density at radius 1 is 1.33 bits per heavy atom. The first kappa shape index (κ1) is 16.4. The summed E-state index contributed by atoms with van der Waals surface area (Å²) >= 11 is 0. The van der Waals surface area contributed by atoms with Crippen molar-refractivity contribution in [3.63, 3.8) is 0 Å². The summed E-state index contributed by atoms with van der Waals surface area (Å²) in [6, 6.07) is 1.90. The molecule has 7 heteroatoms. The Balaban J connectivity index is 2.00. The maximum Gasteiger partial charge on any atom is 0.308 e. The highest BCUT2D eigenvalue weighted by atomic mass is 16.4. The van der Waals surface area contributed by atoms with Gasteiger partial charge < -0.3 is 10.0 Å². The molecule has 3 heterocycles. The van der Waals surface area contributed by atoms with Crippen LogP contribution in [0.1, 0.15) is 42.9 Å². The SMILES string of the molecule is Cc1cc(C(=O)N2C[C@@H](C)[C@H](C(=O)O)C2)c2cnn(C(C)C)c2n1. The van der Waals surface area contributed by atoms with Crippen LogP contribution in [0, 0.1) is 18.8 Å². The zero-order chi connectivity index (χ0) is 17.6. The summed E-state index contributed by atoms with van der Waals surface area (Å²) in [6.45, 7) is 8.44. The number of rotatable bonds is 3. The Morgan fingerprint density at radius 3 is 2.62 bits per heavy atom. The number of aliphatic carboxylic acids is 1. The van der Waals surface area contributed by atoms with Crippen LogP contribution in [0.5, 0.6) is 0 Å². The number of carbonyl (C=O) groups is 2. The first-order valence-electron chi connectivity index (χ1n) is 8.16. The summed E-state index contributed by atoms with van der Waals surface area (Å²) in [4.78, 5) is 30.4. The third-order valence-electron chi connectivity index (χ3n) is 4.63. The average Bonchev–Trinajstić information content (AvgIpc) is 3.09. The highest BCUT2D eigenvalue weighted by molar-refractivity contribution is 6.05. The number of pyridine rings is 1. The molecule has 1 N–H and O–H groups in total. The lowest BCUT2D eigenvalue weighted by Crippen LogP contribution is -2.30. The maximum absolute atomic E-state index is 13.0. The summed E-state index contributed by atoms with van der Waals surface area (Å²) in [5, 5.41) is 14.3. The number of carboxylic acid groups (broad SMARTS) is 1. The van der Waals surface area contributed by atoms with E-state index in [0.29, 0.717) is 23.1 Å². The molecule has 1 amide bonds. The van der Waals surface area contributed by atoms with Crippen molar-refractivity contribution in [3.05, 3.63) is 23.5 Å². The van der Waals surface area contributed by atoms with Gasteiger partial charge in [0.15, 0.2) is 5.65 Å². The van der Waals surface area contributed by atoms with Crippen LogP contribution >= 0.6 is 0 Å². The van der Waals surface area contributed by atoms with Gasteiger partial charge in [-0.15, -0.1) is 0 Å². The van der Waals surface area contributed by atoms with Gasteiger partial charge in [-0.1, -0.05) is 6.92 Å². The molecule has 2 aromatic heterocycles. The van der Waals surface area contributed by atoms with Crippen LogP contribution in [0.25, 0.3) is 11.0 Å². The standard InChI is InChI=1S/C17H22N4O3/c1-9(2)21-15-13(6-18-21)12(5-11(4)19-15)16(22)20-7-10(3)14(8-20)17(23)24/h5-6,9-10,14H,7-8H2,1-4H3,(H,23,24)/t10-,14-/m1/s1. The van der Waals surface area contributed by atoms with Crippen molar-refractivity contribution >= 4 is 22.9 Å². The number of carbonyl (C=O) groups excluding carboxylic acids is 1. The fourth-order valence-electron chi connectivity index (χ4n) is 3.32. The lowest BCUT2D eigenvalue weighted by Gasteiger charge is -2.17. The number of carboxylic acids is 1. The van der Waals surface area contributed by atoms with Crippen LogP contribution in [-0.2, 0) is 4.79 Å². The van der Waals surface area contributed by atoms with E-state index in [-0.39, 0.29) is 24.4 Å². The molecular weight excluding hydrogens is 308 g/mol. The minimum atomic E-state index is -0.846. The number of likely N-dealkylation sites (tertiary alicyclic amines) is 1. The van der Waals surface area contributed by atoms with Gasteiger partial charge in [0, 0.05) is 24.8 Å². The summed E-state index contributed by atoms with van der Waals surface area (Å²) in [5.74, 6) is -1.56. The lowest BCUT2D eigenvalue weighted by atomic mass is 9.99. The monoisotopic (exact) mass is 330 g/mol. The van der Waals surface area contributed by atoms with Gasteiger partial charge in [-0.05, 0) is 32.8 Å². The number of aromatic nitrogens is 3. The molecule has 128 valence electrons. The van der Waals surface area contributed by atoms with Crippen LogP contribution in [0.15, 0.2) is 12.3 Å². The van der Waals surface area contributed by atoms with Crippen LogP contribution in [0.4, 0.5) is 0 Å². The molecule has 2 aromatic rings. The van der Waals surface area contributed by atoms with E-state index in [4.69, 9.17) is 0 Å². The van der Waals surface area contributed by atoms with Crippen molar-refractivity contribution < 1.29 is 14.7 Å². The van der Waals surface area contributed by atoms with E-state index in [1.54, 1.807) is 21.8 Å². The van der Waals surface area contributed by atoms with Gasteiger partial charge in [0.2, 0.25) is 0 Å². The number of fused-ring (bicyclic) bond motifs is 1. The zero-order valence-electron chi connectivity index (χ0n) is 14.4. The Labute approximate surface area is 140 Å². The predicted molar refractivity (Wildman–Crippen MR) is 88.8 cm³/mol. The van der Waals surface area contributed by atoms with Crippen LogP contribution < -0.4 is 0 Å². The van der Waals surface area contributed by atoms with Crippen molar-refractivity contribution in [1.29, 1.82) is 0 Å². The smallest absolute Gasteiger partial charge is 0.308 e. The van der Waals surface area contributed by atoms with Gasteiger partial charge in [-0.2, -0.15) is 5.10 Å². The molecule has 0 aromatic carbocycles. The Hall–Kier alpha value is -2.44. The lowest BCUT2D eigenvalue weighted by molar-refractivity contribution is -0.142. The average molecular weight is 330 g/mol. The minimum absolute atomic E-state index is 0.0525. The molecule has 1 aliphatic rings. The molecule has 2 atom stereocenters. The molecule has 7 nitrogen and oxygen atoms in total. The van der Waals surface area contributed by atoms with Gasteiger partial charge >= 0.3 is 5.97 Å². The minimum Gasteiger partial charge on any atom is -0.481 e. The van der Waals surface area contributed by atoms with E-state index in [0.717, 1.165) is 5.69 Å². The summed E-state index contributed by atoms with van der Waals surface area (Å²) < 4.78 is 1.80. The summed E-state index contributed by atoms with van der Waals surface area (Å²) in [7, 11) is 0. The van der Waals surface area contributed by atoms with Crippen LogP contribution in [-0.4, -0.2) is 49.7 Å². The quantitative estimate of drug-likeness (QED) is 0.931. The Kier molecular flexibility index (Phi) is 4.03. The highest BCUT2D eigenvalue weighted by Crippen LogP contribution is 2.27. The zero-order valence-corrected chi connectivity index (χ0v) is 14.4. The second-order valence-corrected chi connectivity index (χ2v) is 6.86. The normalized spacial score (nSPS) is 21.0. The number of hydrogen-bond acceptors (Lipinski definition) is 4. The van der Waals surface area contributed by atoms with Crippen LogP contribution in [0.2, 0.25) is 0 Å². The number of nitrogens with zero attached hydrogens (tertiary/aromatic N) is 4. The first-order chi connectivity index (χ1) is 11.3. The van der Waals surface area contributed by atoms with Gasteiger partial charge in [-0.3, -0.25) is 9.59 Å². The molecule has 24 heavy (non-hydrogen) atoms. The molecular formula is C17H22N4O3. The van der Waals surface area contributed by atoms with E-state index in [2.05, 4.69) is 10.1 Å². The summed E-state index contributed by atoms with van der Waals surface area (Å²) in [5.41, 5.74) is 1.98. The molecule has 1 aliphatic heterocycles. The molecule has 1 fully saturated rings. The Bertz CT molecular complexity index is 812. The van der Waals surface area contributed by atoms with Gasteiger partial charge in [0.1, 0.15) is 0 Å². The molecule has 0 spiro atoms. The van der Waals surface area contributed by atoms with Gasteiger partial charge in [0.25, 0.3) is 5.91 Å². The molecule has 1 saturated heterocycles. The third-order valence-corrected chi connectivity index (χ3v) is 4.63. The maximum atomic E-state index is 13.0. The van der Waals surface area contributed by atoms with Gasteiger partial charge in [-0.25, -0.2) is 9.67 Å².